The zero-order valence-electron chi connectivity index (χ0n) is 13.0. The van der Waals surface area contributed by atoms with Crippen LogP contribution < -0.4 is 20.1 Å². The van der Waals surface area contributed by atoms with E-state index < -0.39 is 0 Å². The summed E-state index contributed by atoms with van der Waals surface area (Å²) in [7, 11) is 3.10. The molecule has 0 aliphatic rings. The molecule has 0 saturated carbocycles. The van der Waals surface area contributed by atoms with Crippen LogP contribution in [0.5, 0.6) is 11.5 Å². The quantitative estimate of drug-likeness (QED) is 0.721. The first-order valence-electron chi connectivity index (χ1n) is 6.90. The fraction of sp³-hybridized carbons (Fsp3) is 0.533. The highest BCUT2D eigenvalue weighted by Gasteiger charge is 2.09. The molecule has 0 aliphatic heterocycles. The summed E-state index contributed by atoms with van der Waals surface area (Å²) in [6.45, 7) is 4.21. The van der Waals surface area contributed by atoms with Crippen LogP contribution in [0.3, 0.4) is 0 Å². The van der Waals surface area contributed by atoms with Gasteiger partial charge in [-0.25, -0.2) is 4.79 Å². The molecule has 21 heavy (non-hydrogen) atoms. The molecule has 0 radical (unpaired) electrons. The van der Waals surface area contributed by atoms with Crippen molar-refractivity contribution in [2.24, 2.45) is 5.92 Å². The summed E-state index contributed by atoms with van der Waals surface area (Å²) < 4.78 is 10.3. The monoisotopic (exact) mass is 296 g/mol. The topological polar surface area (TPSA) is 79.8 Å². The maximum atomic E-state index is 11.8. The van der Waals surface area contributed by atoms with Crippen LogP contribution >= 0.6 is 0 Å². The van der Waals surface area contributed by atoms with Gasteiger partial charge in [-0.15, -0.1) is 0 Å². The van der Waals surface area contributed by atoms with Gasteiger partial charge in [0.15, 0.2) is 0 Å². The maximum Gasteiger partial charge on any atom is 0.319 e. The third-order valence-electron chi connectivity index (χ3n) is 2.96. The number of urea groups is 1. The summed E-state index contributed by atoms with van der Waals surface area (Å²) in [5.74, 6) is 1.41. The molecule has 6 heteroatoms. The number of amides is 2. The summed E-state index contributed by atoms with van der Waals surface area (Å²) >= 11 is 0. The second-order valence-corrected chi connectivity index (χ2v) is 5.13. The Balaban J connectivity index is 2.54. The van der Waals surface area contributed by atoms with Gasteiger partial charge in [-0.1, -0.05) is 6.92 Å². The van der Waals surface area contributed by atoms with E-state index in [2.05, 4.69) is 10.6 Å². The zero-order chi connectivity index (χ0) is 15.8. The van der Waals surface area contributed by atoms with E-state index in [-0.39, 0.29) is 18.1 Å². The van der Waals surface area contributed by atoms with Crippen molar-refractivity contribution in [1.29, 1.82) is 0 Å². The van der Waals surface area contributed by atoms with Crippen LogP contribution in [0.25, 0.3) is 0 Å². The Morgan fingerprint density at radius 2 is 1.76 bits per heavy atom. The van der Waals surface area contributed by atoms with E-state index >= 15 is 0 Å². The highest BCUT2D eigenvalue weighted by atomic mass is 16.5. The van der Waals surface area contributed by atoms with Crippen molar-refractivity contribution >= 4 is 11.7 Å². The van der Waals surface area contributed by atoms with Gasteiger partial charge in [0, 0.05) is 30.4 Å². The predicted molar refractivity (Wildman–Crippen MR) is 82.0 cm³/mol. The van der Waals surface area contributed by atoms with Gasteiger partial charge in [-0.05, 0) is 19.3 Å². The number of nitrogens with one attached hydrogen (secondary N) is 2. The third-order valence-corrected chi connectivity index (χ3v) is 2.96. The number of hydrogen-bond acceptors (Lipinski definition) is 4. The van der Waals surface area contributed by atoms with Gasteiger partial charge in [-0.2, -0.15) is 0 Å². The van der Waals surface area contributed by atoms with Gasteiger partial charge in [0.2, 0.25) is 0 Å². The first kappa shape index (κ1) is 17.1. The molecule has 1 aromatic rings. The Labute approximate surface area is 125 Å². The standard InChI is InChI=1S/C15H24N2O4/c1-10(5-11(2)18)9-16-15(19)17-12-6-13(20-3)8-14(7-12)21-4/h6-8,10-11,18H,5,9H2,1-4H3,(H2,16,17,19)/t10-,11-/m1/s1. The highest BCUT2D eigenvalue weighted by Crippen LogP contribution is 2.25. The van der Waals surface area contributed by atoms with Gasteiger partial charge in [0.25, 0.3) is 0 Å². The van der Waals surface area contributed by atoms with Crippen molar-refractivity contribution in [3.8, 4) is 11.5 Å². The number of anilines is 1. The van der Waals surface area contributed by atoms with E-state index in [1.807, 2.05) is 6.92 Å². The van der Waals surface area contributed by atoms with E-state index in [0.29, 0.717) is 30.2 Å². The third kappa shape index (κ3) is 6.35. The molecule has 0 aromatic heterocycles. The van der Waals surface area contributed by atoms with E-state index in [1.165, 1.54) is 0 Å². The average Bonchev–Trinajstić information content (AvgIpc) is 2.44. The number of rotatable bonds is 7. The minimum Gasteiger partial charge on any atom is -0.497 e. The predicted octanol–water partition coefficient (Wildman–Crippen LogP) is 2.23. The smallest absolute Gasteiger partial charge is 0.319 e. The van der Waals surface area contributed by atoms with Crippen LogP contribution in [-0.4, -0.2) is 38.0 Å². The van der Waals surface area contributed by atoms with Crippen LogP contribution in [0.2, 0.25) is 0 Å². The number of carbonyl (C=O) groups is 1. The van der Waals surface area contributed by atoms with E-state index in [9.17, 15) is 9.90 Å². The fourth-order valence-corrected chi connectivity index (χ4v) is 1.99. The molecule has 6 nitrogen and oxygen atoms in total. The molecule has 0 fully saturated rings. The number of hydrogen-bond donors (Lipinski definition) is 3. The Morgan fingerprint density at radius 3 is 2.24 bits per heavy atom. The molecule has 2 atom stereocenters. The Hall–Kier alpha value is -1.95. The van der Waals surface area contributed by atoms with Crippen LogP contribution in [0.4, 0.5) is 10.5 Å². The second kappa shape index (κ2) is 8.36. The lowest BCUT2D eigenvalue weighted by Gasteiger charge is -2.15. The van der Waals surface area contributed by atoms with E-state index in [1.54, 1.807) is 39.3 Å². The Bertz CT molecular complexity index is 441. The molecule has 0 aliphatic carbocycles. The summed E-state index contributed by atoms with van der Waals surface area (Å²) in [4.78, 5) is 11.8. The van der Waals surface area contributed by atoms with Crippen LogP contribution in [0, 0.1) is 5.92 Å². The highest BCUT2D eigenvalue weighted by molar-refractivity contribution is 5.89. The van der Waals surface area contributed by atoms with Gasteiger partial charge < -0.3 is 25.2 Å². The van der Waals surface area contributed by atoms with E-state index in [4.69, 9.17) is 9.47 Å². The number of benzene rings is 1. The van der Waals surface area contributed by atoms with Gasteiger partial charge in [0.05, 0.1) is 20.3 Å². The average molecular weight is 296 g/mol. The van der Waals surface area contributed by atoms with Crippen molar-refractivity contribution in [2.45, 2.75) is 26.4 Å². The summed E-state index contributed by atoms with van der Waals surface area (Å²) in [6, 6.07) is 4.85. The molecule has 0 spiro atoms. The number of methoxy groups -OCH3 is 2. The molecule has 2 amide bonds. The molecule has 0 saturated heterocycles. The summed E-state index contributed by atoms with van der Waals surface area (Å²) in [5.41, 5.74) is 0.590. The molecule has 118 valence electrons. The lowest BCUT2D eigenvalue weighted by atomic mass is 10.1. The van der Waals surface area contributed by atoms with Crippen molar-refractivity contribution in [3.05, 3.63) is 18.2 Å². The molecular weight excluding hydrogens is 272 g/mol. The molecule has 0 heterocycles. The molecule has 3 N–H and O–H groups in total. The minimum absolute atomic E-state index is 0.204. The van der Waals surface area contributed by atoms with E-state index in [0.717, 1.165) is 0 Å². The number of ether oxygens (including phenoxy) is 2. The largest absolute Gasteiger partial charge is 0.497 e. The van der Waals surface area contributed by atoms with Gasteiger partial charge in [-0.3, -0.25) is 0 Å². The van der Waals surface area contributed by atoms with Crippen molar-refractivity contribution in [2.75, 3.05) is 26.1 Å². The molecular formula is C15H24N2O4. The minimum atomic E-state index is -0.368. The number of aliphatic hydroxyl groups is 1. The number of carbonyl (C=O) groups excluding carboxylic acids is 1. The van der Waals surface area contributed by atoms with Crippen LogP contribution in [0.15, 0.2) is 18.2 Å². The molecule has 1 aromatic carbocycles. The molecule has 0 bridgehead atoms. The van der Waals surface area contributed by atoms with Crippen molar-refractivity contribution in [3.63, 3.8) is 0 Å². The van der Waals surface area contributed by atoms with Gasteiger partial charge >= 0.3 is 6.03 Å². The van der Waals surface area contributed by atoms with Crippen molar-refractivity contribution in [1.82, 2.24) is 5.32 Å². The Kier molecular flexibility index (Phi) is 6.81. The normalized spacial score (nSPS) is 13.2. The summed E-state index contributed by atoms with van der Waals surface area (Å²) in [5, 5.41) is 14.8. The Morgan fingerprint density at radius 1 is 1.19 bits per heavy atom. The number of aliphatic hydroxyl groups excluding tert-OH is 1. The van der Waals surface area contributed by atoms with Crippen molar-refractivity contribution < 1.29 is 19.4 Å². The SMILES string of the molecule is COc1cc(NC(=O)NC[C@H](C)C[C@@H](C)O)cc(OC)c1. The summed E-state index contributed by atoms with van der Waals surface area (Å²) in [6.07, 6.45) is 0.278. The first-order chi connectivity index (χ1) is 9.94. The molecule has 0 unspecified atom stereocenters. The fourth-order valence-electron chi connectivity index (χ4n) is 1.99. The van der Waals surface area contributed by atoms with Crippen LogP contribution in [-0.2, 0) is 0 Å². The zero-order valence-corrected chi connectivity index (χ0v) is 13.0. The van der Waals surface area contributed by atoms with Gasteiger partial charge in [0.1, 0.15) is 11.5 Å². The van der Waals surface area contributed by atoms with Crippen LogP contribution in [0.1, 0.15) is 20.3 Å². The lowest BCUT2D eigenvalue weighted by Crippen LogP contribution is -2.33. The molecule has 1 rings (SSSR count). The first-order valence-corrected chi connectivity index (χ1v) is 6.90. The lowest BCUT2D eigenvalue weighted by molar-refractivity contribution is 0.163. The second-order valence-electron chi connectivity index (χ2n) is 5.13. The maximum absolute atomic E-state index is 11.8.